The highest BCUT2D eigenvalue weighted by atomic mass is 16.1. The van der Waals surface area contributed by atoms with Crippen molar-refractivity contribution in [2.45, 2.75) is 0 Å². The molecule has 0 fully saturated rings. The van der Waals surface area contributed by atoms with Crippen LogP contribution in [0.3, 0.4) is 0 Å². The van der Waals surface area contributed by atoms with Gasteiger partial charge in [0.15, 0.2) is 11.6 Å². The van der Waals surface area contributed by atoms with Crippen LogP contribution >= 0.6 is 0 Å². The predicted molar refractivity (Wildman–Crippen MR) is 220 cm³/mol. The molecule has 11 aromatic rings. The molecule has 258 valence electrons. The van der Waals surface area contributed by atoms with Crippen molar-refractivity contribution in [3.8, 4) is 45.5 Å². The average Bonchev–Trinajstić information content (AvgIpc) is 3.77. The fourth-order valence-electron chi connectivity index (χ4n) is 7.83. The molecule has 7 aromatic carbocycles. The second-order valence-corrected chi connectivity index (χ2v) is 13.5. The molecule has 0 amide bonds. The lowest BCUT2D eigenvalue weighted by Gasteiger charge is -2.10. The molecule has 0 atom stereocenters. The molecule has 4 aromatic heterocycles. The van der Waals surface area contributed by atoms with Crippen molar-refractivity contribution in [2.24, 2.45) is 0 Å². The van der Waals surface area contributed by atoms with Crippen LogP contribution in [0.15, 0.2) is 181 Å². The zero-order chi connectivity index (χ0) is 36.5. The molecule has 0 aliphatic heterocycles. The molecule has 0 aliphatic carbocycles. The Kier molecular flexibility index (Phi) is 6.84. The number of imidazole rings is 1. The molecule has 0 saturated heterocycles. The van der Waals surface area contributed by atoms with Gasteiger partial charge in [-0.1, -0.05) is 121 Å². The maximum absolute atomic E-state index is 14.2. The van der Waals surface area contributed by atoms with Gasteiger partial charge >= 0.3 is 0 Å². The maximum Gasteiger partial charge on any atom is 0.282 e. The first-order valence-corrected chi connectivity index (χ1v) is 18.1. The summed E-state index contributed by atoms with van der Waals surface area (Å²) in [4.78, 5) is 33.8. The quantitative estimate of drug-likeness (QED) is 0.178. The first-order chi connectivity index (χ1) is 27.2. The number of aromatic nitrogens is 7. The second kappa shape index (κ2) is 12.2. The van der Waals surface area contributed by atoms with Crippen LogP contribution in [0.1, 0.15) is 0 Å². The van der Waals surface area contributed by atoms with Crippen LogP contribution in [0.5, 0.6) is 0 Å². The zero-order valence-corrected chi connectivity index (χ0v) is 29.3. The van der Waals surface area contributed by atoms with Gasteiger partial charge in [0.05, 0.1) is 33.0 Å². The minimum absolute atomic E-state index is 0.330. The van der Waals surface area contributed by atoms with Crippen LogP contribution in [-0.4, -0.2) is 33.5 Å². The van der Waals surface area contributed by atoms with Gasteiger partial charge in [0.25, 0.3) is 5.56 Å². The summed E-state index contributed by atoms with van der Waals surface area (Å²) >= 11 is 0. The smallest absolute Gasteiger partial charge is 0.282 e. The van der Waals surface area contributed by atoms with E-state index in [0.29, 0.717) is 28.8 Å². The normalized spacial score (nSPS) is 11.7. The van der Waals surface area contributed by atoms with Gasteiger partial charge in [-0.3, -0.25) is 9.20 Å². The summed E-state index contributed by atoms with van der Waals surface area (Å²) in [6.45, 7) is 0. The van der Waals surface area contributed by atoms with E-state index in [4.69, 9.17) is 19.9 Å². The molecule has 4 heterocycles. The highest BCUT2D eigenvalue weighted by Crippen LogP contribution is 2.36. The summed E-state index contributed by atoms with van der Waals surface area (Å²) < 4.78 is 6.19. The minimum atomic E-state index is -0.330. The van der Waals surface area contributed by atoms with E-state index in [-0.39, 0.29) is 5.56 Å². The summed E-state index contributed by atoms with van der Waals surface area (Å²) in [7, 11) is 0. The molecule has 8 nitrogen and oxygen atoms in total. The van der Waals surface area contributed by atoms with Crippen LogP contribution in [0, 0.1) is 0 Å². The monoisotopic (exact) mass is 707 g/mol. The van der Waals surface area contributed by atoms with Crippen LogP contribution in [0.25, 0.3) is 95.1 Å². The van der Waals surface area contributed by atoms with E-state index in [2.05, 4.69) is 77.4 Å². The SMILES string of the molecule is O=c1nc2n(-c3nc(-c4ccccc4)nc(-c4ccccc4)n3)c3ccccc3n2c2ccc(-c3ccc4c(c3)c3ccccc3n4-c3ccccc3)cc12. The molecular formula is C47H29N7O. The minimum Gasteiger partial charge on any atom is -0.309 e. The Hall–Kier alpha value is -7.71. The van der Waals surface area contributed by atoms with Crippen LogP contribution in [0.2, 0.25) is 0 Å². The number of nitrogens with zero attached hydrogens (tertiary/aromatic N) is 7. The first-order valence-electron chi connectivity index (χ1n) is 18.1. The Morgan fingerprint density at radius 3 is 1.56 bits per heavy atom. The highest BCUT2D eigenvalue weighted by molar-refractivity contribution is 6.10. The van der Waals surface area contributed by atoms with Gasteiger partial charge in [0.2, 0.25) is 11.7 Å². The van der Waals surface area contributed by atoms with Gasteiger partial charge < -0.3 is 4.57 Å². The Morgan fingerprint density at radius 1 is 0.364 bits per heavy atom. The van der Waals surface area contributed by atoms with Gasteiger partial charge in [-0.05, 0) is 65.7 Å². The largest absolute Gasteiger partial charge is 0.309 e. The molecule has 0 N–H and O–H groups in total. The molecule has 8 heteroatoms. The van der Waals surface area contributed by atoms with Gasteiger partial charge in [0, 0.05) is 27.6 Å². The van der Waals surface area contributed by atoms with E-state index in [0.717, 1.165) is 60.9 Å². The molecule has 11 rings (SSSR count). The summed E-state index contributed by atoms with van der Waals surface area (Å²) in [6, 6.07) is 59.2. The average molecular weight is 708 g/mol. The number of para-hydroxylation sites is 4. The van der Waals surface area contributed by atoms with E-state index in [9.17, 15) is 4.79 Å². The third-order valence-electron chi connectivity index (χ3n) is 10.3. The Balaban J connectivity index is 1.12. The zero-order valence-electron chi connectivity index (χ0n) is 29.3. The van der Waals surface area contributed by atoms with Crippen LogP contribution in [0.4, 0.5) is 0 Å². The van der Waals surface area contributed by atoms with E-state index in [1.54, 1.807) is 0 Å². The predicted octanol–water partition coefficient (Wildman–Crippen LogP) is 10.1. The maximum atomic E-state index is 14.2. The molecule has 0 spiro atoms. The van der Waals surface area contributed by atoms with Crippen LogP contribution in [-0.2, 0) is 0 Å². The van der Waals surface area contributed by atoms with E-state index < -0.39 is 0 Å². The van der Waals surface area contributed by atoms with Gasteiger partial charge in [-0.2, -0.15) is 15.0 Å². The molecule has 55 heavy (non-hydrogen) atoms. The standard InChI is InChI=1S/C47H29N7O/c55-45-37-29-33(32-24-26-39-36(28-32)35-20-10-11-21-38(35)52(39)34-18-8-3-9-19-34)25-27-40(37)53-41-22-12-13-23-42(41)54(47(53)51-45)46-49-43(30-14-4-1-5-15-30)48-44(50-46)31-16-6-2-7-17-31/h1-29H. The van der Waals surface area contributed by atoms with Crippen molar-refractivity contribution >= 4 is 49.5 Å². The Bertz CT molecular complexity index is 3270. The lowest BCUT2D eigenvalue weighted by atomic mass is 10.0. The van der Waals surface area contributed by atoms with Crippen molar-refractivity contribution in [2.75, 3.05) is 0 Å². The fourth-order valence-corrected chi connectivity index (χ4v) is 7.83. The van der Waals surface area contributed by atoms with E-state index >= 15 is 0 Å². The van der Waals surface area contributed by atoms with E-state index in [1.807, 2.05) is 112 Å². The molecular weight excluding hydrogens is 679 g/mol. The fraction of sp³-hybridized carbons (Fsp3) is 0. The number of fused-ring (bicyclic) bond motifs is 8. The molecule has 0 unspecified atom stereocenters. The number of benzene rings is 7. The number of hydrogen-bond acceptors (Lipinski definition) is 5. The van der Waals surface area contributed by atoms with E-state index in [1.165, 1.54) is 5.39 Å². The van der Waals surface area contributed by atoms with Gasteiger partial charge in [-0.15, -0.1) is 0 Å². The Labute approximate surface area is 313 Å². The topological polar surface area (TPSA) is 82.9 Å². The van der Waals surface area contributed by atoms with Crippen LogP contribution < -0.4 is 5.56 Å². The van der Waals surface area contributed by atoms with Gasteiger partial charge in [0.1, 0.15) is 0 Å². The van der Waals surface area contributed by atoms with Crippen molar-refractivity contribution in [1.82, 2.24) is 33.5 Å². The van der Waals surface area contributed by atoms with Crippen molar-refractivity contribution < 1.29 is 0 Å². The summed E-state index contributed by atoms with van der Waals surface area (Å²) in [5.41, 5.74) is 9.15. The third-order valence-corrected chi connectivity index (χ3v) is 10.3. The summed E-state index contributed by atoms with van der Waals surface area (Å²) in [6.07, 6.45) is 0. The van der Waals surface area contributed by atoms with Gasteiger partial charge in [-0.25, -0.2) is 9.55 Å². The molecule has 0 aliphatic rings. The molecule has 0 bridgehead atoms. The first kappa shape index (κ1) is 30.9. The second-order valence-electron chi connectivity index (χ2n) is 13.5. The number of rotatable bonds is 5. The number of hydrogen-bond donors (Lipinski definition) is 0. The lowest BCUT2D eigenvalue weighted by Crippen LogP contribution is -2.13. The summed E-state index contributed by atoms with van der Waals surface area (Å²) in [5.74, 6) is 1.84. The lowest BCUT2D eigenvalue weighted by molar-refractivity contribution is 0.928. The summed E-state index contributed by atoms with van der Waals surface area (Å²) in [5, 5.41) is 2.84. The highest BCUT2D eigenvalue weighted by Gasteiger charge is 2.21. The van der Waals surface area contributed by atoms with Crippen molar-refractivity contribution in [3.63, 3.8) is 0 Å². The van der Waals surface area contributed by atoms with Crippen molar-refractivity contribution in [1.29, 1.82) is 0 Å². The molecule has 0 radical (unpaired) electrons. The van der Waals surface area contributed by atoms with Crippen molar-refractivity contribution in [3.05, 3.63) is 186 Å². The third kappa shape index (κ3) is 4.89. The molecule has 0 saturated carbocycles. The Morgan fingerprint density at radius 2 is 0.891 bits per heavy atom.